The summed E-state index contributed by atoms with van der Waals surface area (Å²) in [5, 5.41) is 3.74. The van der Waals surface area contributed by atoms with E-state index in [9.17, 15) is 0 Å². The molecule has 0 spiro atoms. The highest BCUT2D eigenvalue weighted by Gasteiger charge is 2.01. The second kappa shape index (κ2) is 4.76. The van der Waals surface area contributed by atoms with Gasteiger partial charge in [-0.2, -0.15) is 0 Å². The van der Waals surface area contributed by atoms with Gasteiger partial charge in [-0.3, -0.25) is 0 Å². The first kappa shape index (κ1) is 10.7. The Labute approximate surface area is 94.7 Å². The molecule has 3 nitrogen and oxygen atoms in total. The summed E-state index contributed by atoms with van der Waals surface area (Å²) in [6.45, 7) is 0. The van der Waals surface area contributed by atoms with Crippen LogP contribution in [0.5, 0.6) is 0 Å². The number of nitrogens with two attached hydrogens (primary N) is 1. The molecule has 0 atom stereocenters. The van der Waals surface area contributed by atoms with E-state index in [1.807, 2.05) is 12.1 Å². The highest BCUT2D eigenvalue weighted by molar-refractivity contribution is 9.10. The fourth-order valence-electron chi connectivity index (χ4n) is 0.752. The molecule has 70 valence electrons. The molecule has 1 aromatic carbocycles. The predicted octanol–water partition coefficient (Wildman–Crippen LogP) is 2.26. The van der Waals surface area contributed by atoms with Crippen LogP contribution in [0.15, 0.2) is 22.7 Å². The average molecular weight is 281 g/mol. The van der Waals surface area contributed by atoms with Crippen molar-refractivity contribution in [1.29, 1.82) is 0 Å². The van der Waals surface area contributed by atoms with Crippen LogP contribution in [-0.2, 0) is 0 Å². The molecule has 1 aromatic rings. The van der Waals surface area contributed by atoms with Gasteiger partial charge in [-0.15, -0.1) is 0 Å². The predicted molar refractivity (Wildman–Crippen MR) is 62.7 cm³/mol. The van der Waals surface area contributed by atoms with Crippen molar-refractivity contribution in [1.82, 2.24) is 5.43 Å². The SMILES string of the molecule is NNC(=S)Nc1cc(Br)ccc1Cl. The van der Waals surface area contributed by atoms with Crippen molar-refractivity contribution in [3.8, 4) is 0 Å². The van der Waals surface area contributed by atoms with E-state index in [2.05, 4.69) is 26.7 Å². The molecule has 0 unspecified atom stereocenters. The number of hydrogen-bond acceptors (Lipinski definition) is 2. The molecule has 0 saturated carbocycles. The molecular weight excluding hydrogens is 274 g/mol. The summed E-state index contributed by atoms with van der Waals surface area (Å²) >= 11 is 14.0. The van der Waals surface area contributed by atoms with Crippen LogP contribution in [0.3, 0.4) is 0 Å². The fraction of sp³-hybridized carbons (Fsp3) is 0. The molecule has 0 aromatic heterocycles. The van der Waals surface area contributed by atoms with E-state index in [1.165, 1.54) is 0 Å². The number of nitrogens with one attached hydrogen (secondary N) is 2. The summed E-state index contributed by atoms with van der Waals surface area (Å²) in [5.74, 6) is 5.10. The van der Waals surface area contributed by atoms with Crippen molar-refractivity contribution in [2.75, 3.05) is 5.32 Å². The number of halogens is 2. The Hall–Kier alpha value is -0.360. The first-order chi connectivity index (χ1) is 6.13. The lowest BCUT2D eigenvalue weighted by molar-refractivity contribution is 1.04. The maximum Gasteiger partial charge on any atom is 0.185 e. The summed E-state index contributed by atoms with van der Waals surface area (Å²) in [7, 11) is 0. The Morgan fingerprint density at radius 3 is 2.85 bits per heavy atom. The number of hydrogen-bond donors (Lipinski definition) is 3. The van der Waals surface area contributed by atoms with Gasteiger partial charge < -0.3 is 10.7 Å². The first-order valence-electron chi connectivity index (χ1n) is 3.36. The van der Waals surface area contributed by atoms with Crippen molar-refractivity contribution >= 4 is 50.5 Å². The molecule has 0 saturated heterocycles. The van der Waals surface area contributed by atoms with Crippen LogP contribution < -0.4 is 16.6 Å². The molecule has 0 aliphatic heterocycles. The number of rotatable bonds is 1. The minimum absolute atomic E-state index is 0.319. The highest BCUT2D eigenvalue weighted by atomic mass is 79.9. The molecule has 0 aliphatic rings. The third-order valence-corrected chi connectivity index (χ3v) is 2.35. The zero-order valence-corrected chi connectivity index (χ0v) is 9.63. The minimum Gasteiger partial charge on any atom is -0.330 e. The summed E-state index contributed by atoms with van der Waals surface area (Å²) in [6, 6.07) is 5.41. The van der Waals surface area contributed by atoms with Crippen molar-refractivity contribution in [3.63, 3.8) is 0 Å². The molecule has 0 bridgehead atoms. The van der Waals surface area contributed by atoms with Crippen molar-refractivity contribution in [2.24, 2.45) is 5.84 Å². The van der Waals surface area contributed by atoms with Crippen LogP contribution in [0.1, 0.15) is 0 Å². The largest absolute Gasteiger partial charge is 0.330 e. The minimum atomic E-state index is 0.319. The Kier molecular flexibility index (Phi) is 3.92. The topological polar surface area (TPSA) is 50.1 Å². The van der Waals surface area contributed by atoms with Crippen LogP contribution in [0.25, 0.3) is 0 Å². The van der Waals surface area contributed by atoms with E-state index in [0.717, 1.165) is 4.47 Å². The first-order valence-corrected chi connectivity index (χ1v) is 4.94. The van der Waals surface area contributed by atoms with Gasteiger partial charge in [-0.1, -0.05) is 27.5 Å². The van der Waals surface area contributed by atoms with E-state index in [-0.39, 0.29) is 0 Å². The smallest absolute Gasteiger partial charge is 0.185 e. The van der Waals surface area contributed by atoms with Crippen LogP contribution in [0, 0.1) is 0 Å². The van der Waals surface area contributed by atoms with E-state index in [1.54, 1.807) is 6.07 Å². The van der Waals surface area contributed by atoms with Crippen molar-refractivity contribution in [3.05, 3.63) is 27.7 Å². The van der Waals surface area contributed by atoms with Gasteiger partial charge in [0.25, 0.3) is 0 Å². The van der Waals surface area contributed by atoms with Gasteiger partial charge in [0.1, 0.15) is 0 Å². The molecule has 1 rings (SSSR count). The second-order valence-electron chi connectivity index (χ2n) is 2.22. The normalized spacial score (nSPS) is 9.46. The van der Waals surface area contributed by atoms with E-state index in [0.29, 0.717) is 15.8 Å². The number of hydrazine groups is 1. The Bertz CT molecular complexity index is 332. The number of thiocarbonyl (C=S) groups is 1. The van der Waals surface area contributed by atoms with Crippen LogP contribution in [-0.4, -0.2) is 5.11 Å². The summed E-state index contributed by atoms with van der Waals surface area (Å²) < 4.78 is 0.916. The van der Waals surface area contributed by atoms with Crippen LogP contribution >= 0.6 is 39.7 Å². The van der Waals surface area contributed by atoms with E-state index < -0.39 is 0 Å². The number of anilines is 1. The van der Waals surface area contributed by atoms with Gasteiger partial charge in [-0.05, 0) is 30.4 Å². The third kappa shape index (κ3) is 3.11. The lowest BCUT2D eigenvalue weighted by atomic mass is 10.3. The lowest BCUT2D eigenvalue weighted by Crippen LogP contribution is -2.34. The van der Waals surface area contributed by atoms with E-state index in [4.69, 9.17) is 29.7 Å². The van der Waals surface area contributed by atoms with Gasteiger partial charge in [-0.25, -0.2) is 5.84 Å². The quantitative estimate of drug-likeness (QED) is 0.420. The number of benzene rings is 1. The van der Waals surface area contributed by atoms with Crippen LogP contribution in [0.4, 0.5) is 5.69 Å². The van der Waals surface area contributed by atoms with Crippen molar-refractivity contribution in [2.45, 2.75) is 0 Å². The zero-order valence-electron chi connectivity index (χ0n) is 6.47. The van der Waals surface area contributed by atoms with Gasteiger partial charge >= 0.3 is 0 Å². The van der Waals surface area contributed by atoms with Gasteiger partial charge in [0.15, 0.2) is 5.11 Å². The second-order valence-corrected chi connectivity index (χ2v) is 3.95. The Morgan fingerprint density at radius 1 is 1.54 bits per heavy atom. The van der Waals surface area contributed by atoms with Crippen molar-refractivity contribution < 1.29 is 0 Å². The molecular formula is C7H7BrClN3S. The maximum absolute atomic E-state index is 5.89. The summed E-state index contributed by atoms with van der Waals surface area (Å²) in [4.78, 5) is 0. The molecule has 0 heterocycles. The molecule has 0 amide bonds. The third-order valence-electron chi connectivity index (χ3n) is 1.31. The summed E-state index contributed by atoms with van der Waals surface area (Å²) in [6.07, 6.45) is 0. The van der Waals surface area contributed by atoms with Crippen LogP contribution in [0.2, 0.25) is 5.02 Å². The fourth-order valence-corrected chi connectivity index (χ4v) is 1.39. The Balaban J connectivity index is 2.87. The van der Waals surface area contributed by atoms with Gasteiger partial charge in [0, 0.05) is 4.47 Å². The molecule has 13 heavy (non-hydrogen) atoms. The maximum atomic E-state index is 5.89. The zero-order chi connectivity index (χ0) is 9.84. The molecule has 0 radical (unpaired) electrons. The van der Waals surface area contributed by atoms with E-state index >= 15 is 0 Å². The molecule has 4 N–H and O–H groups in total. The molecule has 0 aliphatic carbocycles. The Morgan fingerprint density at radius 2 is 2.23 bits per heavy atom. The highest BCUT2D eigenvalue weighted by Crippen LogP contribution is 2.25. The standard InChI is InChI=1S/C7H7BrClN3S/c8-4-1-2-5(9)6(3-4)11-7(13)12-10/h1-3H,10H2,(H2,11,12,13). The monoisotopic (exact) mass is 279 g/mol. The average Bonchev–Trinajstić information content (AvgIpc) is 2.11. The van der Waals surface area contributed by atoms with Gasteiger partial charge in [0.2, 0.25) is 0 Å². The lowest BCUT2D eigenvalue weighted by Gasteiger charge is -2.08. The molecule has 6 heteroatoms. The van der Waals surface area contributed by atoms with Gasteiger partial charge in [0.05, 0.1) is 10.7 Å². The molecule has 0 fully saturated rings. The summed E-state index contributed by atoms with van der Waals surface area (Å²) in [5.41, 5.74) is 3.01.